The third-order valence-corrected chi connectivity index (χ3v) is 4.37. The van der Waals surface area contributed by atoms with Crippen molar-refractivity contribution >= 4 is 12.4 Å². The Morgan fingerprint density at radius 3 is 2.67 bits per heavy atom. The van der Waals surface area contributed by atoms with Crippen LogP contribution in [-0.4, -0.2) is 49.2 Å². The van der Waals surface area contributed by atoms with Crippen molar-refractivity contribution in [1.29, 1.82) is 0 Å². The minimum Gasteiger partial charge on any atom is -0.371 e. The molecule has 1 N–H and O–H groups in total. The highest BCUT2D eigenvalue weighted by Crippen LogP contribution is 2.28. The number of aryl methyl sites for hydroxylation is 1. The highest BCUT2D eigenvalue weighted by molar-refractivity contribution is 5.85. The summed E-state index contributed by atoms with van der Waals surface area (Å²) in [6.07, 6.45) is 2.14. The van der Waals surface area contributed by atoms with Crippen molar-refractivity contribution in [2.45, 2.75) is 43.6 Å². The standard InChI is InChI=1S/C16H22N2O5.ClH/c19-18(20)23-14-11-22-15-13(10-21-16(14)15)17-9-5-4-8-12-6-2-1-3-7-12;/h1-3,6-7,13-17H,4-5,8-11H2;1H. The molecule has 0 radical (unpaired) electrons. The van der Waals surface area contributed by atoms with Crippen LogP contribution >= 0.6 is 12.4 Å². The number of ether oxygens (including phenoxy) is 2. The van der Waals surface area contributed by atoms with Crippen molar-refractivity contribution in [2.24, 2.45) is 0 Å². The number of fused-ring (bicyclic) bond motifs is 1. The van der Waals surface area contributed by atoms with E-state index in [0.717, 1.165) is 25.8 Å². The second kappa shape index (κ2) is 9.17. The van der Waals surface area contributed by atoms with E-state index in [9.17, 15) is 10.1 Å². The molecule has 4 atom stereocenters. The molecule has 0 spiro atoms. The van der Waals surface area contributed by atoms with Gasteiger partial charge in [-0.1, -0.05) is 30.3 Å². The first-order valence-electron chi connectivity index (χ1n) is 8.06. The van der Waals surface area contributed by atoms with Crippen LogP contribution in [0.15, 0.2) is 30.3 Å². The first kappa shape index (κ1) is 18.9. The summed E-state index contributed by atoms with van der Waals surface area (Å²) in [5.74, 6) is 0. The van der Waals surface area contributed by atoms with Gasteiger partial charge >= 0.3 is 0 Å². The first-order valence-corrected chi connectivity index (χ1v) is 8.06. The molecule has 0 aliphatic carbocycles. The van der Waals surface area contributed by atoms with Crippen molar-refractivity contribution in [3.05, 3.63) is 46.0 Å². The molecule has 1 aromatic carbocycles. The van der Waals surface area contributed by atoms with Gasteiger partial charge in [-0.25, -0.2) is 0 Å². The summed E-state index contributed by atoms with van der Waals surface area (Å²) in [5.41, 5.74) is 1.36. The molecule has 0 saturated carbocycles. The van der Waals surface area contributed by atoms with Crippen LogP contribution in [0.25, 0.3) is 0 Å². The Kier molecular flexibility index (Phi) is 7.23. The topological polar surface area (TPSA) is 82.9 Å². The van der Waals surface area contributed by atoms with Gasteiger partial charge in [0, 0.05) is 0 Å². The molecule has 2 fully saturated rings. The molecule has 2 saturated heterocycles. The summed E-state index contributed by atoms with van der Waals surface area (Å²) in [4.78, 5) is 15.1. The summed E-state index contributed by atoms with van der Waals surface area (Å²) < 4.78 is 11.2. The van der Waals surface area contributed by atoms with Gasteiger partial charge in [-0.2, -0.15) is 0 Å². The number of nitrogens with one attached hydrogen (secondary N) is 1. The summed E-state index contributed by atoms with van der Waals surface area (Å²) in [6.45, 7) is 1.60. The molecule has 0 amide bonds. The minimum absolute atomic E-state index is 0. The fourth-order valence-electron chi connectivity index (χ4n) is 3.23. The fourth-order valence-corrected chi connectivity index (χ4v) is 3.23. The number of benzene rings is 1. The van der Waals surface area contributed by atoms with E-state index in [1.54, 1.807) is 0 Å². The largest absolute Gasteiger partial charge is 0.371 e. The molecule has 0 bridgehead atoms. The molecule has 134 valence electrons. The van der Waals surface area contributed by atoms with E-state index in [1.165, 1.54) is 5.56 Å². The molecule has 1 aromatic rings. The summed E-state index contributed by atoms with van der Waals surface area (Å²) in [7, 11) is 0. The Bertz CT molecular complexity index is 518. The molecular formula is C16H23ClN2O5. The summed E-state index contributed by atoms with van der Waals surface area (Å²) in [5, 5.41) is 13.1. The minimum atomic E-state index is -0.774. The van der Waals surface area contributed by atoms with Crippen molar-refractivity contribution in [2.75, 3.05) is 19.8 Å². The van der Waals surface area contributed by atoms with Crippen LogP contribution in [0, 0.1) is 10.1 Å². The molecule has 4 unspecified atom stereocenters. The number of halogens is 1. The highest BCUT2D eigenvalue weighted by Gasteiger charge is 2.49. The molecule has 0 aromatic heterocycles. The van der Waals surface area contributed by atoms with Crippen LogP contribution in [0.5, 0.6) is 0 Å². The van der Waals surface area contributed by atoms with E-state index < -0.39 is 11.2 Å². The van der Waals surface area contributed by atoms with Crippen LogP contribution in [0.3, 0.4) is 0 Å². The lowest BCUT2D eigenvalue weighted by Crippen LogP contribution is -2.42. The third-order valence-electron chi connectivity index (χ3n) is 4.37. The molecular weight excluding hydrogens is 336 g/mol. The van der Waals surface area contributed by atoms with Crippen LogP contribution in [0.2, 0.25) is 0 Å². The smallest absolute Gasteiger partial charge is 0.294 e. The zero-order valence-electron chi connectivity index (χ0n) is 13.3. The van der Waals surface area contributed by atoms with Crippen molar-refractivity contribution in [3.8, 4) is 0 Å². The second-order valence-electron chi connectivity index (χ2n) is 5.97. The van der Waals surface area contributed by atoms with Crippen molar-refractivity contribution < 1.29 is 19.4 Å². The van der Waals surface area contributed by atoms with Crippen LogP contribution in [-0.2, 0) is 20.7 Å². The number of unbranched alkanes of at least 4 members (excludes halogenated alkanes) is 1. The Labute approximate surface area is 147 Å². The van der Waals surface area contributed by atoms with Gasteiger partial charge in [0.25, 0.3) is 5.09 Å². The summed E-state index contributed by atoms with van der Waals surface area (Å²) >= 11 is 0. The van der Waals surface area contributed by atoms with Crippen molar-refractivity contribution in [3.63, 3.8) is 0 Å². The van der Waals surface area contributed by atoms with Gasteiger partial charge in [0.2, 0.25) is 0 Å². The molecule has 3 rings (SSSR count). The molecule has 8 heteroatoms. The maximum atomic E-state index is 10.4. The van der Waals surface area contributed by atoms with Crippen molar-refractivity contribution in [1.82, 2.24) is 5.32 Å². The average Bonchev–Trinajstić information content (AvgIpc) is 3.11. The lowest BCUT2D eigenvalue weighted by molar-refractivity contribution is -0.769. The Morgan fingerprint density at radius 2 is 1.92 bits per heavy atom. The van der Waals surface area contributed by atoms with Gasteiger partial charge in [0.1, 0.15) is 12.2 Å². The predicted molar refractivity (Wildman–Crippen MR) is 89.8 cm³/mol. The molecule has 7 nitrogen and oxygen atoms in total. The Balaban J connectivity index is 0.00000208. The zero-order chi connectivity index (χ0) is 16.1. The van der Waals surface area contributed by atoms with E-state index in [1.807, 2.05) is 6.07 Å². The van der Waals surface area contributed by atoms with E-state index in [2.05, 4.69) is 34.4 Å². The zero-order valence-corrected chi connectivity index (χ0v) is 14.2. The fraction of sp³-hybridized carbons (Fsp3) is 0.625. The molecule has 2 heterocycles. The van der Waals surface area contributed by atoms with Crippen LogP contribution < -0.4 is 5.32 Å². The van der Waals surface area contributed by atoms with Gasteiger partial charge in [-0.05, 0) is 31.4 Å². The Morgan fingerprint density at radius 1 is 1.17 bits per heavy atom. The maximum Gasteiger partial charge on any atom is 0.294 e. The van der Waals surface area contributed by atoms with Gasteiger partial charge in [-0.15, -0.1) is 22.5 Å². The van der Waals surface area contributed by atoms with Gasteiger partial charge < -0.3 is 19.6 Å². The molecule has 2 aliphatic rings. The van der Waals surface area contributed by atoms with E-state index in [-0.39, 0.29) is 37.3 Å². The number of nitrogens with zero attached hydrogens (tertiary/aromatic N) is 1. The first-order chi connectivity index (χ1) is 11.2. The number of hydrogen-bond acceptors (Lipinski definition) is 6. The average molecular weight is 359 g/mol. The normalized spacial score (nSPS) is 28.2. The number of rotatable bonds is 8. The van der Waals surface area contributed by atoms with Crippen LogP contribution in [0.1, 0.15) is 18.4 Å². The van der Waals surface area contributed by atoms with E-state index in [0.29, 0.717) is 6.61 Å². The lowest BCUT2D eigenvalue weighted by atomic mass is 10.1. The van der Waals surface area contributed by atoms with E-state index >= 15 is 0 Å². The highest BCUT2D eigenvalue weighted by atomic mass is 35.5. The lowest BCUT2D eigenvalue weighted by Gasteiger charge is -2.17. The molecule has 2 aliphatic heterocycles. The van der Waals surface area contributed by atoms with Crippen LogP contribution in [0.4, 0.5) is 0 Å². The van der Waals surface area contributed by atoms with Gasteiger partial charge in [0.05, 0.1) is 19.3 Å². The third kappa shape index (κ3) is 4.80. The SMILES string of the molecule is Cl.O=[N+]([O-])OC1COC2C(NCCCCc3ccccc3)COC12. The quantitative estimate of drug-likeness (QED) is 0.433. The summed E-state index contributed by atoms with van der Waals surface area (Å²) in [6, 6.07) is 10.5. The Hall–Kier alpha value is -1.41. The maximum absolute atomic E-state index is 10.4. The van der Waals surface area contributed by atoms with E-state index in [4.69, 9.17) is 9.47 Å². The van der Waals surface area contributed by atoms with Gasteiger partial charge in [0.15, 0.2) is 6.10 Å². The van der Waals surface area contributed by atoms with Gasteiger partial charge in [-0.3, -0.25) is 0 Å². The molecule has 24 heavy (non-hydrogen) atoms. The second-order valence-corrected chi connectivity index (χ2v) is 5.97. The monoisotopic (exact) mass is 358 g/mol. The number of hydrogen-bond donors (Lipinski definition) is 1. The predicted octanol–water partition coefficient (Wildman–Crippen LogP) is 1.76.